The van der Waals surface area contributed by atoms with Gasteiger partial charge < -0.3 is 15.0 Å². The predicted octanol–water partition coefficient (Wildman–Crippen LogP) is 2.28. The largest absolute Gasteiger partial charge is 0.454 e. The smallest absolute Gasteiger partial charge is 0.330 e. The van der Waals surface area contributed by atoms with Crippen LogP contribution in [0.1, 0.15) is 19.8 Å². The lowest BCUT2D eigenvalue weighted by atomic mass is 10.2. The summed E-state index contributed by atoms with van der Waals surface area (Å²) in [5, 5.41) is 3.18. The van der Waals surface area contributed by atoms with Crippen molar-refractivity contribution in [1.82, 2.24) is 4.90 Å². The van der Waals surface area contributed by atoms with Crippen molar-refractivity contribution in [3.05, 3.63) is 29.3 Å². The molecule has 0 radical (unpaired) electrons. The Bertz CT molecular complexity index is 681. The zero-order chi connectivity index (χ0) is 17.3. The molecule has 1 aromatic carbocycles. The molecule has 128 valence electrons. The van der Waals surface area contributed by atoms with Crippen molar-refractivity contribution in [2.75, 3.05) is 17.7 Å². The second-order valence-corrected chi connectivity index (χ2v) is 7.87. The van der Waals surface area contributed by atoms with Crippen LogP contribution in [0.3, 0.4) is 0 Å². The molecule has 0 unspecified atom stereocenters. The number of nitrogens with zero attached hydrogens (tertiary/aromatic N) is 1. The number of anilines is 1. The van der Waals surface area contributed by atoms with Crippen molar-refractivity contribution in [2.45, 2.75) is 30.7 Å². The number of amides is 2. The maximum absolute atomic E-state index is 12.3. The molecular weight excluding hydrogens is 352 g/mol. The van der Waals surface area contributed by atoms with Crippen molar-refractivity contribution in [1.29, 1.82) is 0 Å². The lowest BCUT2D eigenvalue weighted by Crippen LogP contribution is -2.47. The zero-order valence-corrected chi connectivity index (χ0v) is 14.7. The molecule has 1 N–H and O–H groups in total. The number of carbonyl (C=O) groups excluding carboxylic acids is 3. The number of halogens is 1. The first kappa shape index (κ1) is 17.1. The second-order valence-electron chi connectivity index (χ2n) is 5.93. The number of benzene rings is 1. The van der Waals surface area contributed by atoms with E-state index in [1.807, 2.05) is 6.92 Å². The highest BCUT2D eigenvalue weighted by Gasteiger charge is 2.53. The highest BCUT2D eigenvalue weighted by atomic mass is 35.5. The van der Waals surface area contributed by atoms with Gasteiger partial charge >= 0.3 is 5.97 Å². The number of rotatable bonds is 4. The number of esters is 1. The number of fused-ring (bicyclic) bond motifs is 1. The van der Waals surface area contributed by atoms with Gasteiger partial charge in [0.2, 0.25) is 5.91 Å². The molecular formula is C16H17ClN2O4S. The summed E-state index contributed by atoms with van der Waals surface area (Å²) in [7, 11) is 0. The number of thioether (sulfide) groups is 1. The van der Waals surface area contributed by atoms with Crippen LogP contribution in [0, 0.1) is 0 Å². The van der Waals surface area contributed by atoms with Gasteiger partial charge in [0.15, 0.2) is 6.61 Å². The Labute approximate surface area is 148 Å². The summed E-state index contributed by atoms with van der Waals surface area (Å²) >= 11 is 7.36. The SMILES string of the molecule is C[C@]12CCC(=O)N1[C@@H](C(=O)OCC(=O)Nc1ccc(Cl)cc1)CS2. The standard InChI is InChI=1S/C16H17ClN2O4S/c1-16-7-6-14(21)19(16)12(9-24-16)15(22)23-8-13(20)18-11-4-2-10(17)3-5-11/h2-5,12H,6-9H2,1H3,(H,18,20)/t12-,16+/m1/s1. The topological polar surface area (TPSA) is 75.7 Å². The third-order valence-corrected chi connectivity index (χ3v) is 5.95. The third kappa shape index (κ3) is 3.37. The van der Waals surface area contributed by atoms with Gasteiger partial charge in [-0.2, -0.15) is 0 Å². The van der Waals surface area contributed by atoms with Gasteiger partial charge in [0, 0.05) is 22.9 Å². The Morgan fingerprint density at radius 1 is 1.42 bits per heavy atom. The number of hydrogen-bond acceptors (Lipinski definition) is 5. The molecule has 8 heteroatoms. The summed E-state index contributed by atoms with van der Waals surface area (Å²) in [5.74, 6) is -0.505. The van der Waals surface area contributed by atoms with E-state index in [0.717, 1.165) is 6.42 Å². The van der Waals surface area contributed by atoms with Crippen LogP contribution >= 0.6 is 23.4 Å². The van der Waals surface area contributed by atoms with E-state index < -0.39 is 17.9 Å². The van der Waals surface area contributed by atoms with E-state index in [9.17, 15) is 14.4 Å². The molecule has 0 spiro atoms. The van der Waals surface area contributed by atoms with Gasteiger partial charge in [0.05, 0.1) is 4.87 Å². The van der Waals surface area contributed by atoms with E-state index in [2.05, 4.69) is 5.32 Å². The molecule has 0 aromatic heterocycles. The molecule has 2 saturated heterocycles. The van der Waals surface area contributed by atoms with E-state index >= 15 is 0 Å². The van der Waals surface area contributed by atoms with E-state index in [-0.39, 0.29) is 17.4 Å². The summed E-state index contributed by atoms with van der Waals surface area (Å²) in [5.41, 5.74) is 0.569. The molecule has 2 atom stereocenters. The molecule has 24 heavy (non-hydrogen) atoms. The fraction of sp³-hybridized carbons (Fsp3) is 0.438. The van der Waals surface area contributed by atoms with Gasteiger partial charge in [0.25, 0.3) is 5.91 Å². The molecule has 0 aliphatic carbocycles. The van der Waals surface area contributed by atoms with Gasteiger partial charge in [-0.1, -0.05) is 11.6 Å². The molecule has 1 aromatic rings. The van der Waals surface area contributed by atoms with Gasteiger partial charge in [0.1, 0.15) is 6.04 Å². The van der Waals surface area contributed by atoms with Crippen LogP contribution in [0.15, 0.2) is 24.3 Å². The Morgan fingerprint density at radius 2 is 2.12 bits per heavy atom. The average Bonchev–Trinajstić information content (AvgIpc) is 3.04. The molecule has 0 saturated carbocycles. The van der Waals surface area contributed by atoms with Crippen LogP contribution in [-0.2, 0) is 19.1 Å². The first-order valence-corrected chi connectivity index (χ1v) is 8.93. The van der Waals surface area contributed by atoms with Gasteiger partial charge in [-0.25, -0.2) is 4.79 Å². The monoisotopic (exact) mass is 368 g/mol. The van der Waals surface area contributed by atoms with Gasteiger partial charge in [-0.05, 0) is 37.6 Å². The van der Waals surface area contributed by atoms with Crippen LogP contribution in [0.5, 0.6) is 0 Å². The molecule has 6 nitrogen and oxygen atoms in total. The van der Waals surface area contributed by atoms with Crippen LogP contribution in [0.25, 0.3) is 0 Å². The number of carbonyl (C=O) groups is 3. The second kappa shape index (κ2) is 6.64. The van der Waals surface area contributed by atoms with Crippen LogP contribution in [-0.4, -0.2) is 46.0 Å². The Hall–Kier alpha value is -1.73. The molecule has 2 aliphatic heterocycles. The minimum Gasteiger partial charge on any atom is -0.454 e. The van der Waals surface area contributed by atoms with Crippen molar-refractivity contribution >= 4 is 46.8 Å². The molecule has 2 amide bonds. The highest BCUT2D eigenvalue weighted by molar-refractivity contribution is 8.01. The zero-order valence-electron chi connectivity index (χ0n) is 13.1. The maximum atomic E-state index is 12.3. The van der Waals surface area contributed by atoms with Gasteiger partial charge in [-0.15, -0.1) is 11.8 Å². The van der Waals surface area contributed by atoms with E-state index in [1.165, 1.54) is 0 Å². The van der Waals surface area contributed by atoms with Crippen LogP contribution in [0.4, 0.5) is 5.69 Å². The summed E-state index contributed by atoms with van der Waals surface area (Å²) in [6.07, 6.45) is 1.18. The quantitative estimate of drug-likeness (QED) is 0.825. The molecule has 0 bridgehead atoms. The minimum atomic E-state index is -0.613. The Morgan fingerprint density at radius 3 is 2.83 bits per heavy atom. The van der Waals surface area contributed by atoms with Crippen LogP contribution < -0.4 is 5.32 Å². The minimum absolute atomic E-state index is 0.0323. The maximum Gasteiger partial charge on any atom is 0.330 e. The summed E-state index contributed by atoms with van der Waals surface area (Å²) in [6, 6.07) is 6.00. The Balaban J connectivity index is 1.53. The van der Waals surface area contributed by atoms with Crippen molar-refractivity contribution < 1.29 is 19.1 Å². The van der Waals surface area contributed by atoms with Gasteiger partial charge in [-0.3, -0.25) is 9.59 Å². The number of nitrogens with one attached hydrogen (secondary N) is 1. The Kier molecular flexibility index (Phi) is 4.73. The van der Waals surface area contributed by atoms with E-state index in [1.54, 1.807) is 40.9 Å². The first-order chi connectivity index (χ1) is 11.4. The van der Waals surface area contributed by atoms with E-state index in [0.29, 0.717) is 22.9 Å². The summed E-state index contributed by atoms with van der Waals surface area (Å²) < 4.78 is 5.10. The van der Waals surface area contributed by atoms with E-state index in [4.69, 9.17) is 16.3 Å². The van der Waals surface area contributed by atoms with Crippen molar-refractivity contribution in [3.63, 3.8) is 0 Å². The summed E-state index contributed by atoms with van der Waals surface area (Å²) in [4.78, 5) is 37.4. The average molecular weight is 369 g/mol. The number of hydrogen-bond donors (Lipinski definition) is 1. The fourth-order valence-corrected chi connectivity index (χ4v) is 4.50. The molecule has 2 aliphatic rings. The normalized spacial score (nSPS) is 25.5. The summed E-state index contributed by atoms with van der Waals surface area (Å²) in [6.45, 7) is 1.57. The molecule has 2 heterocycles. The van der Waals surface area contributed by atoms with Crippen LogP contribution in [0.2, 0.25) is 5.02 Å². The lowest BCUT2D eigenvalue weighted by Gasteiger charge is -2.29. The molecule has 2 fully saturated rings. The highest BCUT2D eigenvalue weighted by Crippen LogP contribution is 2.47. The van der Waals surface area contributed by atoms with Crippen molar-refractivity contribution in [3.8, 4) is 0 Å². The third-order valence-electron chi connectivity index (χ3n) is 4.19. The molecule has 3 rings (SSSR count). The number of ether oxygens (including phenoxy) is 1. The first-order valence-electron chi connectivity index (χ1n) is 7.57. The lowest BCUT2D eigenvalue weighted by molar-refractivity contribution is -0.155. The van der Waals surface area contributed by atoms with Crippen molar-refractivity contribution in [2.24, 2.45) is 0 Å². The predicted molar refractivity (Wildman–Crippen MR) is 91.8 cm³/mol. The fourth-order valence-electron chi connectivity index (χ4n) is 2.96.